The molecule has 2 nitrogen and oxygen atoms in total. The first-order valence-electron chi connectivity index (χ1n) is 4.46. The molecule has 0 aromatic heterocycles. The van der Waals surface area contributed by atoms with Gasteiger partial charge in [-0.2, -0.15) is 0 Å². The summed E-state index contributed by atoms with van der Waals surface area (Å²) in [6, 6.07) is 13.5. The van der Waals surface area contributed by atoms with Crippen molar-refractivity contribution in [3.05, 3.63) is 48.0 Å². The molecule has 0 aliphatic rings. The molecule has 2 rings (SSSR count). The van der Waals surface area contributed by atoms with Gasteiger partial charge in [-0.25, -0.2) is 0 Å². The Morgan fingerprint density at radius 1 is 1.07 bits per heavy atom. The van der Waals surface area contributed by atoms with Crippen LogP contribution in [0.5, 0.6) is 0 Å². The Kier molecular flexibility index (Phi) is 4.58. The minimum Gasteiger partial charge on any atom is -0.481 e. The molecule has 2 aromatic carbocycles. The molecule has 0 bridgehead atoms. The maximum absolute atomic E-state index is 10.6. The second-order valence-electron chi connectivity index (χ2n) is 3.21. The zero-order chi connectivity index (χ0) is 9.97. The Bertz CT molecular complexity index is 475. The second-order valence-corrected chi connectivity index (χ2v) is 3.21. The molecule has 2 radical (unpaired) electrons. The van der Waals surface area contributed by atoms with Gasteiger partial charge in [-0.15, -0.1) is 0 Å². The van der Waals surface area contributed by atoms with E-state index >= 15 is 0 Å². The fourth-order valence-electron chi connectivity index (χ4n) is 1.61. The number of hydrogen-bond acceptors (Lipinski definition) is 1. The Balaban J connectivity index is 0.00000112. The molecule has 3 heteroatoms. The maximum Gasteiger partial charge on any atom is 0.307 e. The number of carbonyl (C=O) groups is 1. The van der Waals surface area contributed by atoms with E-state index in [-0.39, 0.29) is 44.2 Å². The van der Waals surface area contributed by atoms with Gasteiger partial charge in [0.2, 0.25) is 0 Å². The molecule has 0 spiro atoms. The standard InChI is InChI=1S/C12H10O2.Ca/c13-12(14)8-10-6-3-5-9-4-1-2-7-11(9)10;/h1-7H,8H2,(H,13,14);. The minimum atomic E-state index is -0.790. The molecule has 1 N–H and O–H groups in total. The van der Waals surface area contributed by atoms with Gasteiger partial charge < -0.3 is 5.11 Å². The number of rotatable bonds is 2. The van der Waals surface area contributed by atoms with Crippen molar-refractivity contribution in [2.45, 2.75) is 6.42 Å². The van der Waals surface area contributed by atoms with Crippen molar-refractivity contribution in [2.24, 2.45) is 0 Å². The van der Waals surface area contributed by atoms with Crippen molar-refractivity contribution in [3.63, 3.8) is 0 Å². The number of aliphatic carboxylic acids is 1. The smallest absolute Gasteiger partial charge is 0.307 e. The van der Waals surface area contributed by atoms with Crippen LogP contribution in [0.25, 0.3) is 10.8 Å². The van der Waals surface area contributed by atoms with Gasteiger partial charge in [-0.1, -0.05) is 42.5 Å². The Hall–Kier alpha value is -0.570. The van der Waals surface area contributed by atoms with Gasteiger partial charge in [-0.3, -0.25) is 4.79 Å². The maximum atomic E-state index is 10.6. The largest absolute Gasteiger partial charge is 0.481 e. The minimum absolute atomic E-state index is 0. The number of fused-ring (bicyclic) bond motifs is 1. The summed E-state index contributed by atoms with van der Waals surface area (Å²) in [5, 5.41) is 10.8. The predicted molar refractivity (Wildman–Crippen MR) is 61.0 cm³/mol. The van der Waals surface area contributed by atoms with E-state index in [0.717, 1.165) is 16.3 Å². The molecule has 0 saturated heterocycles. The Morgan fingerprint density at radius 2 is 1.73 bits per heavy atom. The van der Waals surface area contributed by atoms with Crippen molar-refractivity contribution < 1.29 is 9.90 Å². The SMILES string of the molecule is O=C(O)Cc1cccc2ccccc12.[Ca]. The van der Waals surface area contributed by atoms with Crippen molar-refractivity contribution >= 4 is 54.5 Å². The Labute approximate surface area is 118 Å². The molecule has 0 amide bonds. The van der Waals surface area contributed by atoms with Crippen molar-refractivity contribution in [1.82, 2.24) is 0 Å². The van der Waals surface area contributed by atoms with Crippen LogP contribution < -0.4 is 0 Å². The van der Waals surface area contributed by atoms with Crippen LogP contribution >= 0.6 is 0 Å². The topological polar surface area (TPSA) is 37.3 Å². The van der Waals surface area contributed by atoms with Gasteiger partial charge in [0.15, 0.2) is 0 Å². The van der Waals surface area contributed by atoms with E-state index in [9.17, 15) is 4.79 Å². The normalized spacial score (nSPS) is 9.60. The Morgan fingerprint density at radius 3 is 2.47 bits per heavy atom. The summed E-state index contributed by atoms with van der Waals surface area (Å²) in [4.78, 5) is 10.6. The fourth-order valence-corrected chi connectivity index (χ4v) is 1.61. The third-order valence-electron chi connectivity index (χ3n) is 2.22. The van der Waals surface area contributed by atoms with Crippen LogP contribution in [0.1, 0.15) is 5.56 Å². The van der Waals surface area contributed by atoms with Crippen molar-refractivity contribution in [1.29, 1.82) is 0 Å². The van der Waals surface area contributed by atoms with Gasteiger partial charge in [0.05, 0.1) is 6.42 Å². The van der Waals surface area contributed by atoms with Crippen LogP contribution in [0, 0.1) is 0 Å². The van der Waals surface area contributed by atoms with Gasteiger partial charge >= 0.3 is 5.97 Å². The molecular weight excluding hydrogens is 216 g/mol. The summed E-state index contributed by atoms with van der Waals surface area (Å²) < 4.78 is 0. The van der Waals surface area contributed by atoms with E-state index in [4.69, 9.17) is 5.11 Å². The van der Waals surface area contributed by atoms with Crippen LogP contribution in [0.2, 0.25) is 0 Å². The van der Waals surface area contributed by atoms with Gasteiger partial charge in [0, 0.05) is 37.7 Å². The molecule has 0 aliphatic carbocycles. The quantitative estimate of drug-likeness (QED) is 0.796. The van der Waals surface area contributed by atoms with Crippen LogP contribution in [-0.4, -0.2) is 48.8 Å². The van der Waals surface area contributed by atoms with E-state index in [1.807, 2.05) is 42.5 Å². The summed E-state index contributed by atoms with van der Waals surface area (Å²) in [5.41, 5.74) is 0.871. The first-order chi connectivity index (χ1) is 6.77. The zero-order valence-corrected chi connectivity index (χ0v) is 10.5. The van der Waals surface area contributed by atoms with E-state index in [2.05, 4.69) is 0 Å². The van der Waals surface area contributed by atoms with Gasteiger partial charge in [0.25, 0.3) is 0 Å². The van der Waals surface area contributed by atoms with Crippen LogP contribution in [-0.2, 0) is 11.2 Å². The molecule has 0 unspecified atom stereocenters. The zero-order valence-electron chi connectivity index (χ0n) is 8.31. The van der Waals surface area contributed by atoms with Crippen LogP contribution in [0.3, 0.4) is 0 Å². The summed E-state index contributed by atoms with van der Waals surface area (Å²) >= 11 is 0. The van der Waals surface area contributed by atoms with E-state index < -0.39 is 5.97 Å². The summed E-state index contributed by atoms with van der Waals surface area (Å²) in [6.45, 7) is 0. The summed E-state index contributed by atoms with van der Waals surface area (Å²) in [5.74, 6) is -0.790. The summed E-state index contributed by atoms with van der Waals surface area (Å²) in [7, 11) is 0. The van der Waals surface area contributed by atoms with E-state index in [0.29, 0.717) is 0 Å². The fraction of sp³-hybridized carbons (Fsp3) is 0.0833. The van der Waals surface area contributed by atoms with Crippen molar-refractivity contribution in [2.75, 3.05) is 0 Å². The molecule has 0 saturated carbocycles. The number of hydrogen-bond donors (Lipinski definition) is 1. The van der Waals surface area contributed by atoms with Crippen LogP contribution in [0.4, 0.5) is 0 Å². The van der Waals surface area contributed by atoms with Crippen LogP contribution in [0.15, 0.2) is 42.5 Å². The molecule has 72 valence electrons. The third-order valence-corrected chi connectivity index (χ3v) is 2.22. The average molecular weight is 226 g/mol. The molecule has 0 aliphatic heterocycles. The monoisotopic (exact) mass is 226 g/mol. The molecule has 15 heavy (non-hydrogen) atoms. The molecule has 2 aromatic rings. The van der Waals surface area contributed by atoms with Crippen molar-refractivity contribution in [3.8, 4) is 0 Å². The molecule has 0 heterocycles. The summed E-state index contributed by atoms with van der Waals surface area (Å²) in [6.07, 6.45) is 0.0847. The van der Waals surface area contributed by atoms with Gasteiger partial charge in [0.1, 0.15) is 0 Å². The molecule has 0 fully saturated rings. The third kappa shape index (κ3) is 2.94. The van der Waals surface area contributed by atoms with E-state index in [1.54, 1.807) is 0 Å². The molecular formula is C12H10CaO2. The predicted octanol–water partition coefficient (Wildman–Crippen LogP) is 2.09. The first-order valence-corrected chi connectivity index (χ1v) is 4.46. The average Bonchev–Trinajstić information content (AvgIpc) is 2.18. The van der Waals surface area contributed by atoms with E-state index in [1.165, 1.54) is 0 Å². The van der Waals surface area contributed by atoms with Gasteiger partial charge in [-0.05, 0) is 16.3 Å². The number of carboxylic acid groups (broad SMARTS) is 1. The molecule has 0 atom stereocenters. The second kappa shape index (κ2) is 5.50. The first kappa shape index (κ1) is 12.5. The number of benzene rings is 2. The number of carboxylic acids is 1.